The summed E-state index contributed by atoms with van der Waals surface area (Å²) in [6.07, 6.45) is 0. The van der Waals surface area contributed by atoms with Crippen LogP contribution in [-0.2, 0) is 0 Å². The summed E-state index contributed by atoms with van der Waals surface area (Å²) in [4.78, 5) is 9.50. The summed E-state index contributed by atoms with van der Waals surface area (Å²) >= 11 is 0. The van der Waals surface area contributed by atoms with E-state index < -0.39 is 39.2 Å². The first-order chi connectivity index (χ1) is 8.13. The van der Waals surface area contributed by atoms with E-state index in [1.54, 1.807) is 0 Å². The van der Waals surface area contributed by atoms with Crippen molar-refractivity contribution in [2.45, 2.75) is 19.4 Å². The predicted molar refractivity (Wildman–Crippen MR) is 56.1 cm³/mol. The lowest BCUT2D eigenvalue weighted by Gasteiger charge is -2.06. The average Bonchev–Trinajstić information content (AvgIpc) is 2.22. The number of hydrogen-bond acceptors (Lipinski definition) is 3. The van der Waals surface area contributed by atoms with E-state index in [1.807, 2.05) is 5.92 Å². The van der Waals surface area contributed by atoms with Gasteiger partial charge in [-0.25, -0.2) is 13.2 Å². The molecule has 0 saturated heterocycles. The van der Waals surface area contributed by atoms with E-state index >= 15 is 0 Å². The van der Waals surface area contributed by atoms with Crippen molar-refractivity contribution in [3.63, 3.8) is 0 Å². The maximum absolute atomic E-state index is 13.4. The highest BCUT2D eigenvalue weighted by Gasteiger charge is 2.24. The molecular formula is C11H8F3NO3. The van der Waals surface area contributed by atoms with Crippen molar-refractivity contribution in [1.82, 2.24) is 0 Å². The number of aliphatic hydroxyl groups is 1. The summed E-state index contributed by atoms with van der Waals surface area (Å²) < 4.78 is 39.1. The van der Waals surface area contributed by atoms with Crippen molar-refractivity contribution in [1.29, 1.82) is 0 Å². The fraction of sp³-hybridized carbons (Fsp3) is 0.273. The molecule has 0 fully saturated rings. The molecule has 4 nitrogen and oxygen atoms in total. The Labute approximate surface area is 100 Å². The van der Waals surface area contributed by atoms with Crippen LogP contribution < -0.4 is 0 Å². The molecule has 0 amide bonds. The van der Waals surface area contributed by atoms with E-state index in [9.17, 15) is 28.4 Å². The number of nitro benzene ring substituents is 1. The summed E-state index contributed by atoms with van der Waals surface area (Å²) in [5.74, 6) is -1.23. The van der Waals surface area contributed by atoms with E-state index in [0.717, 1.165) is 0 Å². The van der Waals surface area contributed by atoms with Crippen molar-refractivity contribution in [2.24, 2.45) is 0 Å². The maximum Gasteiger partial charge on any atom is 0.291 e. The highest BCUT2D eigenvalue weighted by Crippen LogP contribution is 2.25. The molecule has 0 spiro atoms. The van der Waals surface area contributed by atoms with Crippen LogP contribution in [-0.4, -0.2) is 15.6 Å². The summed E-state index contributed by atoms with van der Waals surface area (Å²) in [5.41, 5.74) is -3.45. The first kappa shape index (κ1) is 14.0. The molecule has 0 saturated carbocycles. The third-order valence-electron chi connectivity index (χ3n) is 1.83. The van der Waals surface area contributed by atoms with Crippen LogP contribution in [0.15, 0.2) is 6.07 Å². The highest BCUT2D eigenvalue weighted by atomic mass is 19.2. The molecule has 96 valence electrons. The second-order valence-electron chi connectivity index (χ2n) is 3.95. The monoisotopic (exact) mass is 259 g/mol. The predicted octanol–water partition coefficient (Wildman–Crippen LogP) is 2.13. The number of hydrogen-bond donors (Lipinski definition) is 1. The van der Waals surface area contributed by atoms with Gasteiger partial charge in [0.15, 0.2) is 17.5 Å². The Morgan fingerprint density at radius 2 is 1.89 bits per heavy atom. The largest absolute Gasteiger partial charge is 0.378 e. The molecule has 0 aromatic heterocycles. The Morgan fingerprint density at radius 1 is 1.33 bits per heavy atom. The number of benzene rings is 1. The molecular weight excluding hydrogens is 251 g/mol. The van der Waals surface area contributed by atoms with Crippen LogP contribution in [0.4, 0.5) is 18.9 Å². The normalized spacial score (nSPS) is 10.8. The van der Waals surface area contributed by atoms with Gasteiger partial charge >= 0.3 is 0 Å². The van der Waals surface area contributed by atoms with Crippen LogP contribution in [0.3, 0.4) is 0 Å². The molecule has 0 bridgehead atoms. The number of halogens is 3. The SMILES string of the molecule is CC(C)(O)C#Cc1c([N+](=O)[O-])cc(F)c(F)c1F. The number of rotatable bonds is 1. The van der Waals surface area contributed by atoms with Crippen LogP contribution in [0.25, 0.3) is 0 Å². The van der Waals surface area contributed by atoms with E-state index in [2.05, 4.69) is 5.92 Å². The van der Waals surface area contributed by atoms with Crippen LogP contribution >= 0.6 is 0 Å². The molecule has 0 aliphatic rings. The maximum atomic E-state index is 13.4. The molecule has 1 N–H and O–H groups in total. The van der Waals surface area contributed by atoms with Gasteiger partial charge in [0.1, 0.15) is 11.2 Å². The van der Waals surface area contributed by atoms with Crippen molar-refractivity contribution in [3.8, 4) is 11.8 Å². The zero-order valence-electron chi connectivity index (χ0n) is 9.42. The minimum Gasteiger partial charge on any atom is -0.378 e. The summed E-state index contributed by atoms with van der Waals surface area (Å²) in [5, 5.41) is 19.9. The molecule has 0 aliphatic heterocycles. The molecule has 0 aliphatic carbocycles. The lowest BCUT2D eigenvalue weighted by atomic mass is 10.1. The quantitative estimate of drug-likeness (QED) is 0.363. The van der Waals surface area contributed by atoms with Gasteiger partial charge in [0.25, 0.3) is 5.69 Å². The summed E-state index contributed by atoms with van der Waals surface area (Å²) in [7, 11) is 0. The van der Waals surface area contributed by atoms with E-state index in [1.165, 1.54) is 13.8 Å². The minimum atomic E-state index is -1.85. The minimum absolute atomic E-state index is 0.243. The Balaban J connectivity index is 3.54. The van der Waals surface area contributed by atoms with Crippen LogP contribution in [0.2, 0.25) is 0 Å². The third kappa shape index (κ3) is 2.99. The molecule has 18 heavy (non-hydrogen) atoms. The molecule has 1 aromatic carbocycles. The Morgan fingerprint density at radius 3 is 2.33 bits per heavy atom. The summed E-state index contributed by atoms with van der Waals surface area (Å²) in [6, 6.07) is 0.243. The smallest absolute Gasteiger partial charge is 0.291 e. The number of nitrogens with zero attached hydrogens (tertiary/aromatic N) is 1. The second kappa shape index (κ2) is 4.66. The van der Waals surface area contributed by atoms with Gasteiger partial charge in [0.2, 0.25) is 0 Å². The van der Waals surface area contributed by atoms with E-state index in [4.69, 9.17) is 0 Å². The molecule has 7 heteroatoms. The van der Waals surface area contributed by atoms with E-state index in [-0.39, 0.29) is 6.07 Å². The Kier molecular flexibility index (Phi) is 3.62. The van der Waals surface area contributed by atoms with Crippen molar-refractivity contribution < 1.29 is 23.2 Å². The van der Waals surface area contributed by atoms with Crippen molar-refractivity contribution in [3.05, 3.63) is 39.2 Å². The summed E-state index contributed by atoms with van der Waals surface area (Å²) in [6.45, 7) is 2.51. The van der Waals surface area contributed by atoms with Gasteiger partial charge in [-0.2, -0.15) is 0 Å². The molecule has 1 aromatic rings. The zero-order chi connectivity index (χ0) is 14.1. The van der Waals surface area contributed by atoms with E-state index in [0.29, 0.717) is 0 Å². The lowest BCUT2D eigenvalue weighted by Crippen LogP contribution is -2.14. The highest BCUT2D eigenvalue weighted by molar-refractivity contribution is 5.53. The topological polar surface area (TPSA) is 63.4 Å². The fourth-order valence-electron chi connectivity index (χ4n) is 1.06. The van der Waals surface area contributed by atoms with Gasteiger partial charge in [-0.15, -0.1) is 0 Å². The first-order valence-electron chi connectivity index (χ1n) is 4.71. The fourth-order valence-corrected chi connectivity index (χ4v) is 1.06. The Bertz CT molecular complexity index is 568. The Hall–Kier alpha value is -2.07. The third-order valence-corrected chi connectivity index (χ3v) is 1.83. The molecule has 0 unspecified atom stereocenters. The zero-order valence-corrected chi connectivity index (χ0v) is 9.42. The standard InChI is InChI=1S/C11H8F3NO3/c1-11(2,16)4-3-6-8(15(17)18)5-7(12)10(14)9(6)13/h5,16H,1-2H3. The average molecular weight is 259 g/mol. The first-order valence-corrected chi connectivity index (χ1v) is 4.71. The van der Waals surface area contributed by atoms with Crippen LogP contribution in [0.5, 0.6) is 0 Å². The van der Waals surface area contributed by atoms with Gasteiger partial charge in [0.05, 0.1) is 11.0 Å². The van der Waals surface area contributed by atoms with Crippen LogP contribution in [0.1, 0.15) is 19.4 Å². The lowest BCUT2D eigenvalue weighted by molar-refractivity contribution is -0.385. The van der Waals surface area contributed by atoms with Gasteiger partial charge in [-0.05, 0) is 13.8 Å². The molecule has 0 radical (unpaired) electrons. The molecule has 0 atom stereocenters. The van der Waals surface area contributed by atoms with Crippen LogP contribution in [0, 0.1) is 39.4 Å². The van der Waals surface area contributed by atoms with Gasteiger partial charge < -0.3 is 5.11 Å². The molecule has 1 rings (SSSR count). The second-order valence-corrected chi connectivity index (χ2v) is 3.95. The van der Waals surface area contributed by atoms with Gasteiger partial charge in [0, 0.05) is 0 Å². The number of nitro groups is 1. The van der Waals surface area contributed by atoms with Gasteiger partial charge in [-0.1, -0.05) is 11.8 Å². The van der Waals surface area contributed by atoms with Crippen molar-refractivity contribution in [2.75, 3.05) is 0 Å². The van der Waals surface area contributed by atoms with Crippen molar-refractivity contribution >= 4 is 5.69 Å². The van der Waals surface area contributed by atoms with Gasteiger partial charge in [-0.3, -0.25) is 10.1 Å². The molecule has 0 heterocycles.